The Morgan fingerprint density at radius 1 is 0.932 bits per heavy atom. The number of para-hydroxylation sites is 2. The van der Waals surface area contributed by atoms with E-state index in [1.165, 1.54) is 0 Å². The smallest absolute Gasteiger partial charge is 0.243 e. The summed E-state index contributed by atoms with van der Waals surface area (Å²) in [6, 6.07) is 16.9. The monoisotopic (exact) mass is 596 g/mol. The van der Waals surface area contributed by atoms with Crippen LogP contribution >= 0.6 is 0 Å². The molecule has 0 spiro atoms. The van der Waals surface area contributed by atoms with Crippen LogP contribution in [-0.2, 0) is 33.8 Å². The van der Waals surface area contributed by atoms with Gasteiger partial charge < -0.3 is 20.1 Å². The molecule has 4 heterocycles. The molecule has 2 atom stereocenters. The standard InChI is InChI=1S/C33H40N8O3/c1-23-34-32-27(22-24-10-3-2-4-11-24)37-33(44)28-14-7-8-19-40(28)31(43)15-9-18-39(20-21-41(32)38-23)30(42)17-16-29-35-25-12-5-6-13-26(25)36-29/h2-6,10-13,27-28H,7-9,14-22H2,1H3,(H,35,36)(H,37,44)/t27-,28+/m1/s1. The molecule has 44 heavy (non-hydrogen) atoms. The minimum atomic E-state index is -0.517. The second kappa shape index (κ2) is 13.4. The minimum Gasteiger partial charge on any atom is -0.344 e. The number of carbonyl (C=O) groups is 3. The molecule has 11 heteroatoms. The van der Waals surface area contributed by atoms with Gasteiger partial charge in [-0.15, -0.1) is 0 Å². The van der Waals surface area contributed by atoms with E-state index in [2.05, 4.69) is 20.4 Å². The highest BCUT2D eigenvalue weighted by Crippen LogP contribution is 2.23. The predicted molar refractivity (Wildman–Crippen MR) is 165 cm³/mol. The molecule has 1 saturated heterocycles. The number of H-pyrrole nitrogens is 1. The highest BCUT2D eigenvalue weighted by Gasteiger charge is 2.34. The first kappa shape index (κ1) is 29.5. The van der Waals surface area contributed by atoms with E-state index in [0.29, 0.717) is 69.9 Å². The van der Waals surface area contributed by atoms with Crippen molar-refractivity contribution in [3.63, 3.8) is 0 Å². The van der Waals surface area contributed by atoms with Gasteiger partial charge in [-0.25, -0.2) is 14.6 Å². The lowest BCUT2D eigenvalue weighted by atomic mass is 9.99. The number of amides is 3. The van der Waals surface area contributed by atoms with E-state index in [9.17, 15) is 14.4 Å². The van der Waals surface area contributed by atoms with Crippen LogP contribution in [0.2, 0.25) is 0 Å². The third kappa shape index (κ3) is 6.82. The maximum absolute atomic E-state index is 13.7. The summed E-state index contributed by atoms with van der Waals surface area (Å²) in [5, 5.41) is 7.92. The number of nitrogens with one attached hydrogen (secondary N) is 2. The molecule has 2 N–H and O–H groups in total. The first-order valence-electron chi connectivity index (χ1n) is 15.7. The first-order valence-corrected chi connectivity index (χ1v) is 15.7. The summed E-state index contributed by atoms with van der Waals surface area (Å²) in [5.41, 5.74) is 2.90. The molecule has 4 aromatic rings. The van der Waals surface area contributed by atoms with Crippen molar-refractivity contribution in [2.75, 3.05) is 19.6 Å². The van der Waals surface area contributed by atoms with Crippen molar-refractivity contribution in [1.29, 1.82) is 0 Å². The third-order valence-corrected chi connectivity index (χ3v) is 8.61. The van der Waals surface area contributed by atoms with E-state index in [-0.39, 0.29) is 24.1 Å². The summed E-state index contributed by atoms with van der Waals surface area (Å²) in [6.07, 6.45) is 4.56. The number of aromatic nitrogens is 5. The molecule has 1 fully saturated rings. The molecule has 0 radical (unpaired) electrons. The number of rotatable bonds is 5. The van der Waals surface area contributed by atoms with Gasteiger partial charge >= 0.3 is 0 Å². The summed E-state index contributed by atoms with van der Waals surface area (Å²) < 4.78 is 1.83. The Kier molecular flexibility index (Phi) is 8.99. The number of aromatic amines is 1. The van der Waals surface area contributed by atoms with E-state index in [1.807, 2.05) is 71.1 Å². The molecule has 0 unspecified atom stereocenters. The summed E-state index contributed by atoms with van der Waals surface area (Å²) in [6.45, 7) is 3.70. The number of benzene rings is 2. The molecule has 2 aromatic carbocycles. The summed E-state index contributed by atoms with van der Waals surface area (Å²) in [5.74, 6) is 1.87. The average molecular weight is 597 g/mol. The lowest BCUT2D eigenvalue weighted by Gasteiger charge is -2.36. The number of nitrogens with zero attached hydrogens (tertiary/aromatic N) is 6. The summed E-state index contributed by atoms with van der Waals surface area (Å²) in [4.78, 5) is 57.0. The van der Waals surface area contributed by atoms with Gasteiger partial charge in [0.2, 0.25) is 17.7 Å². The van der Waals surface area contributed by atoms with Crippen LogP contribution in [0.1, 0.15) is 67.6 Å². The minimum absolute atomic E-state index is 0.00775. The van der Waals surface area contributed by atoms with Gasteiger partial charge in [-0.2, -0.15) is 5.10 Å². The summed E-state index contributed by atoms with van der Waals surface area (Å²) >= 11 is 0. The van der Waals surface area contributed by atoms with E-state index in [4.69, 9.17) is 4.98 Å². The Morgan fingerprint density at radius 2 is 1.75 bits per heavy atom. The quantitative estimate of drug-likeness (QED) is 0.363. The fourth-order valence-electron chi connectivity index (χ4n) is 6.37. The lowest BCUT2D eigenvalue weighted by Crippen LogP contribution is -2.53. The number of carbonyl (C=O) groups excluding carboxylic acids is 3. The van der Waals surface area contributed by atoms with Gasteiger partial charge in [-0.05, 0) is 56.7 Å². The van der Waals surface area contributed by atoms with Crippen LogP contribution in [0.15, 0.2) is 54.6 Å². The van der Waals surface area contributed by atoms with Crippen molar-refractivity contribution in [3.8, 4) is 0 Å². The molecule has 2 aliphatic rings. The predicted octanol–water partition coefficient (Wildman–Crippen LogP) is 3.50. The van der Waals surface area contributed by atoms with Gasteiger partial charge in [0.15, 0.2) is 0 Å². The maximum Gasteiger partial charge on any atom is 0.243 e. The van der Waals surface area contributed by atoms with Gasteiger partial charge in [-0.3, -0.25) is 14.4 Å². The van der Waals surface area contributed by atoms with Gasteiger partial charge in [0, 0.05) is 38.9 Å². The largest absolute Gasteiger partial charge is 0.344 e. The zero-order chi connectivity index (χ0) is 30.5. The Morgan fingerprint density at radius 3 is 2.59 bits per heavy atom. The van der Waals surface area contributed by atoms with Crippen LogP contribution in [-0.4, -0.2) is 77.9 Å². The highest BCUT2D eigenvalue weighted by molar-refractivity contribution is 5.88. The third-order valence-electron chi connectivity index (χ3n) is 8.61. The van der Waals surface area contributed by atoms with Gasteiger partial charge in [0.25, 0.3) is 0 Å². The van der Waals surface area contributed by atoms with Crippen molar-refractivity contribution in [1.82, 2.24) is 39.8 Å². The molecule has 6 rings (SSSR count). The topological polar surface area (TPSA) is 129 Å². The second-order valence-corrected chi connectivity index (χ2v) is 11.8. The van der Waals surface area contributed by atoms with Crippen LogP contribution in [0, 0.1) is 6.92 Å². The number of hydrogen-bond donors (Lipinski definition) is 2. The average Bonchev–Trinajstić information content (AvgIpc) is 3.63. The molecular formula is C33H40N8O3. The lowest BCUT2D eigenvalue weighted by molar-refractivity contribution is -0.143. The van der Waals surface area contributed by atoms with Crippen molar-refractivity contribution in [2.24, 2.45) is 0 Å². The summed E-state index contributed by atoms with van der Waals surface area (Å²) in [7, 11) is 0. The molecule has 230 valence electrons. The van der Waals surface area contributed by atoms with Crippen LogP contribution in [0.5, 0.6) is 0 Å². The fraction of sp³-hybridized carbons (Fsp3) is 0.455. The van der Waals surface area contributed by atoms with Gasteiger partial charge in [0.05, 0.1) is 23.6 Å². The van der Waals surface area contributed by atoms with Crippen LogP contribution in [0.3, 0.4) is 0 Å². The Hall–Kier alpha value is -4.54. The molecule has 0 bridgehead atoms. The van der Waals surface area contributed by atoms with E-state index >= 15 is 0 Å². The molecule has 0 saturated carbocycles. The highest BCUT2D eigenvalue weighted by atomic mass is 16.2. The molecular weight excluding hydrogens is 556 g/mol. The molecule has 0 aliphatic carbocycles. The Bertz CT molecular complexity index is 1580. The van der Waals surface area contributed by atoms with E-state index in [1.54, 1.807) is 4.90 Å². The molecule has 2 aromatic heterocycles. The van der Waals surface area contributed by atoms with E-state index in [0.717, 1.165) is 35.3 Å². The number of piperidine rings is 1. The molecule has 2 aliphatic heterocycles. The number of aryl methyl sites for hydroxylation is 2. The van der Waals surface area contributed by atoms with Crippen molar-refractivity contribution in [2.45, 2.75) is 76.9 Å². The maximum atomic E-state index is 13.7. The second-order valence-electron chi connectivity index (χ2n) is 11.8. The van der Waals surface area contributed by atoms with Gasteiger partial charge in [0.1, 0.15) is 23.5 Å². The SMILES string of the molecule is Cc1nc2n(n1)CCN(C(=O)CCc1nc3ccccc3[nH]1)CCCC(=O)N1CCCC[C@H]1C(=O)N[C@@H]2Cc1ccccc1. The van der Waals surface area contributed by atoms with E-state index < -0.39 is 12.1 Å². The zero-order valence-corrected chi connectivity index (χ0v) is 25.2. The molecule has 11 nitrogen and oxygen atoms in total. The number of hydrogen-bond acceptors (Lipinski definition) is 6. The number of fused-ring (bicyclic) bond motifs is 3. The fourth-order valence-corrected chi connectivity index (χ4v) is 6.37. The van der Waals surface area contributed by atoms with Crippen molar-refractivity contribution >= 4 is 28.8 Å². The van der Waals surface area contributed by atoms with Crippen LogP contribution in [0.25, 0.3) is 11.0 Å². The number of imidazole rings is 1. The van der Waals surface area contributed by atoms with Crippen molar-refractivity contribution in [3.05, 3.63) is 77.6 Å². The first-order chi connectivity index (χ1) is 21.4. The Balaban J connectivity index is 1.26. The van der Waals surface area contributed by atoms with Crippen molar-refractivity contribution < 1.29 is 14.4 Å². The zero-order valence-electron chi connectivity index (χ0n) is 25.2. The molecule has 3 amide bonds. The van der Waals surface area contributed by atoms with Gasteiger partial charge in [-0.1, -0.05) is 42.5 Å². The normalized spacial score (nSPS) is 20.1. The van der Waals surface area contributed by atoms with Crippen LogP contribution in [0.4, 0.5) is 0 Å². The Labute approximate surface area is 257 Å². The van der Waals surface area contributed by atoms with Crippen LogP contribution < -0.4 is 5.32 Å².